The van der Waals surface area contributed by atoms with Gasteiger partial charge in [-0.15, -0.1) is 11.8 Å². The summed E-state index contributed by atoms with van der Waals surface area (Å²) >= 11 is 9.58. The Bertz CT molecular complexity index is 543. The summed E-state index contributed by atoms with van der Waals surface area (Å²) in [4.78, 5) is 3.47. The van der Waals surface area contributed by atoms with Crippen molar-refractivity contribution in [1.29, 1.82) is 0 Å². The number of nitrogens with two attached hydrogens (primary N) is 1. The highest BCUT2D eigenvalue weighted by Crippen LogP contribution is 2.37. The second-order valence-electron chi connectivity index (χ2n) is 3.67. The van der Waals surface area contributed by atoms with Crippen molar-refractivity contribution in [3.8, 4) is 0 Å². The maximum absolute atomic E-state index is 6.19. The molecule has 0 aliphatic carbocycles. The van der Waals surface area contributed by atoms with Crippen molar-refractivity contribution in [2.24, 2.45) is 5.73 Å². The van der Waals surface area contributed by atoms with E-state index in [9.17, 15) is 0 Å². The molecule has 0 heterocycles. The summed E-state index contributed by atoms with van der Waals surface area (Å²) in [5.41, 5.74) is 7.05. The Morgan fingerprint density at radius 1 is 1.00 bits per heavy atom. The molecule has 0 radical (unpaired) electrons. The van der Waals surface area contributed by atoms with Crippen LogP contribution in [0.2, 0.25) is 5.02 Å². The monoisotopic (exact) mass is 295 g/mol. The Balaban J connectivity index is 2.37. The molecule has 2 aromatic rings. The average molecular weight is 296 g/mol. The molecule has 2 N–H and O–H groups in total. The molecule has 0 aliphatic rings. The van der Waals surface area contributed by atoms with Crippen LogP contribution in [0.15, 0.2) is 57.2 Å². The van der Waals surface area contributed by atoms with Crippen molar-refractivity contribution in [3.63, 3.8) is 0 Å². The molecule has 0 unspecified atom stereocenters. The Kier molecular flexibility index (Phi) is 5.01. The molecule has 4 heteroatoms. The molecule has 0 fully saturated rings. The quantitative estimate of drug-likeness (QED) is 0.830. The van der Waals surface area contributed by atoms with E-state index in [0.29, 0.717) is 6.54 Å². The second-order valence-corrected chi connectivity index (χ2v) is 6.01. The molecule has 2 aromatic carbocycles. The van der Waals surface area contributed by atoms with Crippen LogP contribution in [0.4, 0.5) is 0 Å². The number of hydrogen-bond donors (Lipinski definition) is 1. The van der Waals surface area contributed by atoms with Gasteiger partial charge in [-0.25, -0.2) is 0 Å². The predicted octanol–water partition coefficient (Wildman–Crippen LogP) is 4.67. The molecule has 94 valence electrons. The van der Waals surface area contributed by atoms with Crippen molar-refractivity contribution in [3.05, 3.63) is 53.1 Å². The zero-order valence-electron chi connectivity index (χ0n) is 10.0. The molecule has 0 bridgehead atoms. The van der Waals surface area contributed by atoms with Crippen molar-refractivity contribution < 1.29 is 0 Å². The molecule has 0 saturated carbocycles. The number of hydrogen-bond acceptors (Lipinski definition) is 3. The molecule has 0 atom stereocenters. The van der Waals surface area contributed by atoms with Crippen LogP contribution in [0, 0.1) is 0 Å². The first-order valence-corrected chi connectivity index (χ1v) is 7.96. The van der Waals surface area contributed by atoms with Gasteiger partial charge in [-0.3, -0.25) is 0 Å². The van der Waals surface area contributed by atoms with E-state index in [2.05, 4.69) is 24.5 Å². The molecular formula is C14H14ClNS2. The molecule has 0 saturated heterocycles. The van der Waals surface area contributed by atoms with E-state index in [0.717, 1.165) is 9.92 Å². The van der Waals surface area contributed by atoms with E-state index >= 15 is 0 Å². The van der Waals surface area contributed by atoms with Crippen molar-refractivity contribution in [1.82, 2.24) is 0 Å². The third-order valence-corrected chi connectivity index (χ3v) is 5.01. The first-order chi connectivity index (χ1) is 8.76. The summed E-state index contributed by atoms with van der Waals surface area (Å²) in [5, 5.41) is 0.778. The number of benzene rings is 2. The molecule has 0 spiro atoms. The highest BCUT2D eigenvalue weighted by molar-refractivity contribution is 8.00. The minimum atomic E-state index is 0.545. The summed E-state index contributed by atoms with van der Waals surface area (Å²) in [6.45, 7) is 0.545. The lowest BCUT2D eigenvalue weighted by atomic mass is 10.2. The fraction of sp³-hybridized carbons (Fsp3) is 0.143. The van der Waals surface area contributed by atoms with E-state index in [1.165, 1.54) is 15.4 Å². The third-order valence-electron chi connectivity index (χ3n) is 2.57. The maximum Gasteiger partial charge on any atom is 0.0545 e. The molecule has 0 aliphatic heterocycles. The summed E-state index contributed by atoms with van der Waals surface area (Å²) < 4.78 is 0. The van der Waals surface area contributed by atoms with E-state index in [4.69, 9.17) is 17.3 Å². The van der Waals surface area contributed by atoms with Gasteiger partial charge in [-0.05, 0) is 36.1 Å². The highest BCUT2D eigenvalue weighted by Gasteiger charge is 2.09. The van der Waals surface area contributed by atoms with E-state index in [1.807, 2.05) is 24.3 Å². The fourth-order valence-corrected chi connectivity index (χ4v) is 3.66. The van der Waals surface area contributed by atoms with Crippen LogP contribution in [0.25, 0.3) is 0 Å². The van der Waals surface area contributed by atoms with Gasteiger partial charge < -0.3 is 5.73 Å². The van der Waals surface area contributed by atoms with Crippen LogP contribution in [0.3, 0.4) is 0 Å². The van der Waals surface area contributed by atoms with Gasteiger partial charge in [0.25, 0.3) is 0 Å². The highest BCUT2D eigenvalue weighted by atomic mass is 35.5. The predicted molar refractivity (Wildman–Crippen MR) is 81.7 cm³/mol. The zero-order valence-corrected chi connectivity index (χ0v) is 12.4. The van der Waals surface area contributed by atoms with Crippen LogP contribution in [0.1, 0.15) is 5.56 Å². The standard InChI is InChI=1S/C14H14ClNS2/c1-17-12-7-4-8-13(10(12)9-16)18-14-6-3-2-5-11(14)15/h2-8H,9,16H2,1H3. The Labute approximate surface area is 121 Å². The molecule has 1 nitrogen and oxygen atoms in total. The Hall–Kier alpha value is -0.610. The minimum absolute atomic E-state index is 0.545. The van der Waals surface area contributed by atoms with Gasteiger partial charge >= 0.3 is 0 Å². The van der Waals surface area contributed by atoms with Crippen LogP contribution >= 0.6 is 35.1 Å². The van der Waals surface area contributed by atoms with Gasteiger partial charge in [0, 0.05) is 21.2 Å². The van der Waals surface area contributed by atoms with Crippen LogP contribution in [0.5, 0.6) is 0 Å². The summed E-state index contributed by atoms with van der Waals surface area (Å²) in [6.07, 6.45) is 2.07. The Morgan fingerprint density at radius 3 is 2.33 bits per heavy atom. The first-order valence-electron chi connectivity index (χ1n) is 5.54. The Morgan fingerprint density at radius 2 is 1.67 bits per heavy atom. The van der Waals surface area contributed by atoms with Gasteiger partial charge in [0.1, 0.15) is 0 Å². The van der Waals surface area contributed by atoms with Crippen LogP contribution in [-0.4, -0.2) is 6.26 Å². The zero-order chi connectivity index (χ0) is 13.0. The fourth-order valence-electron chi connectivity index (χ4n) is 1.68. The summed E-state index contributed by atoms with van der Waals surface area (Å²) in [5.74, 6) is 0. The first kappa shape index (κ1) is 13.8. The molecule has 0 aromatic heterocycles. The van der Waals surface area contributed by atoms with Crippen molar-refractivity contribution in [2.45, 2.75) is 21.2 Å². The lowest BCUT2D eigenvalue weighted by molar-refractivity contribution is 0.981. The average Bonchev–Trinajstić information content (AvgIpc) is 2.41. The smallest absolute Gasteiger partial charge is 0.0545 e. The molecule has 18 heavy (non-hydrogen) atoms. The largest absolute Gasteiger partial charge is 0.326 e. The second kappa shape index (κ2) is 6.53. The normalized spacial score (nSPS) is 10.6. The van der Waals surface area contributed by atoms with Crippen LogP contribution in [-0.2, 0) is 6.54 Å². The van der Waals surface area contributed by atoms with E-state index in [-0.39, 0.29) is 0 Å². The maximum atomic E-state index is 6.19. The summed E-state index contributed by atoms with van der Waals surface area (Å²) in [7, 11) is 0. The van der Waals surface area contributed by atoms with E-state index in [1.54, 1.807) is 23.5 Å². The number of rotatable bonds is 4. The molecular weight excluding hydrogens is 282 g/mol. The lowest BCUT2D eigenvalue weighted by Gasteiger charge is -2.12. The summed E-state index contributed by atoms with van der Waals surface area (Å²) in [6, 6.07) is 14.1. The van der Waals surface area contributed by atoms with Crippen molar-refractivity contribution >= 4 is 35.1 Å². The van der Waals surface area contributed by atoms with E-state index < -0.39 is 0 Å². The molecule has 2 rings (SSSR count). The van der Waals surface area contributed by atoms with Crippen molar-refractivity contribution in [2.75, 3.05) is 6.26 Å². The number of halogens is 1. The topological polar surface area (TPSA) is 26.0 Å². The SMILES string of the molecule is CSc1cccc(Sc2ccccc2Cl)c1CN. The van der Waals surface area contributed by atoms with Gasteiger partial charge in [0.15, 0.2) is 0 Å². The van der Waals surface area contributed by atoms with Gasteiger partial charge in [0.05, 0.1) is 5.02 Å². The van der Waals surface area contributed by atoms with Gasteiger partial charge in [-0.2, -0.15) is 0 Å². The van der Waals surface area contributed by atoms with Crippen LogP contribution < -0.4 is 5.73 Å². The minimum Gasteiger partial charge on any atom is -0.326 e. The molecule has 0 amide bonds. The van der Waals surface area contributed by atoms with Gasteiger partial charge in [0.2, 0.25) is 0 Å². The number of thioether (sulfide) groups is 1. The third kappa shape index (κ3) is 3.04. The van der Waals surface area contributed by atoms with Gasteiger partial charge in [-0.1, -0.05) is 41.6 Å². The lowest BCUT2D eigenvalue weighted by Crippen LogP contribution is -2.00.